The second-order valence-corrected chi connectivity index (χ2v) is 8.14. The van der Waals surface area contributed by atoms with Crippen LogP contribution in [0.2, 0.25) is 0 Å². The number of unbranched alkanes of at least 4 members (excludes halogenated alkanes) is 1. The molecular weight excluding hydrogens is 410 g/mol. The van der Waals surface area contributed by atoms with Crippen molar-refractivity contribution < 1.29 is 0 Å². The van der Waals surface area contributed by atoms with Gasteiger partial charge in [0.1, 0.15) is 11.7 Å². The predicted octanol–water partition coefficient (Wildman–Crippen LogP) is 4.86. The Morgan fingerprint density at radius 3 is 2.45 bits per heavy atom. The molecule has 1 heterocycles. The fraction of sp³-hybridized carbons (Fsp3) is 0.462. The summed E-state index contributed by atoms with van der Waals surface area (Å²) in [6, 6.07) is 11.9. The lowest BCUT2D eigenvalue weighted by atomic mass is 9.99. The van der Waals surface area contributed by atoms with Crippen molar-refractivity contribution in [3.8, 4) is 11.3 Å². The molecule has 0 radical (unpaired) electrons. The first kappa shape index (κ1) is 26.0. The molecule has 0 saturated carbocycles. The average Bonchev–Trinajstić information content (AvgIpc) is 2.84. The predicted molar refractivity (Wildman–Crippen MR) is 140 cm³/mol. The van der Waals surface area contributed by atoms with Crippen LogP contribution in [0.1, 0.15) is 70.4 Å². The first-order valence-corrected chi connectivity index (χ1v) is 11.9. The number of rotatable bonds is 12. The molecule has 0 fully saturated rings. The molecule has 5 N–H and O–H groups in total. The summed E-state index contributed by atoms with van der Waals surface area (Å²) in [5.74, 6) is 2.51. The number of benzene rings is 1. The number of nitrogens with two attached hydrogens (primary N) is 2. The summed E-state index contributed by atoms with van der Waals surface area (Å²) in [6.07, 6.45) is 7.89. The van der Waals surface area contributed by atoms with Crippen molar-refractivity contribution in [1.82, 2.24) is 10.4 Å². The number of hydrogen-bond acceptors (Lipinski definition) is 4. The molecule has 0 aliphatic carbocycles. The second-order valence-electron chi connectivity index (χ2n) is 8.14. The number of hydrazone groups is 1. The van der Waals surface area contributed by atoms with Gasteiger partial charge in [0.25, 0.3) is 0 Å². The third kappa shape index (κ3) is 8.33. The molecule has 0 aliphatic heterocycles. The van der Waals surface area contributed by atoms with E-state index in [2.05, 4.69) is 41.3 Å². The molecule has 1 aromatic carbocycles. The third-order valence-electron chi connectivity index (χ3n) is 5.66. The van der Waals surface area contributed by atoms with E-state index in [-0.39, 0.29) is 0 Å². The van der Waals surface area contributed by atoms with Crippen molar-refractivity contribution in [3.63, 3.8) is 0 Å². The number of aromatic nitrogens is 1. The van der Waals surface area contributed by atoms with Crippen LogP contribution in [0.3, 0.4) is 0 Å². The van der Waals surface area contributed by atoms with E-state index in [0.29, 0.717) is 24.1 Å². The fourth-order valence-corrected chi connectivity index (χ4v) is 3.56. The van der Waals surface area contributed by atoms with E-state index in [4.69, 9.17) is 16.5 Å². The zero-order valence-electron chi connectivity index (χ0n) is 20.5. The lowest BCUT2D eigenvalue weighted by Crippen LogP contribution is -2.18. The summed E-state index contributed by atoms with van der Waals surface area (Å²) >= 11 is 0. The summed E-state index contributed by atoms with van der Waals surface area (Å²) < 4.78 is 0. The van der Waals surface area contributed by atoms with Gasteiger partial charge < -0.3 is 16.9 Å². The van der Waals surface area contributed by atoms with Gasteiger partial charge in [-0.1, -0.05) is 70.4 Å². The Labute approximate surface area is 198 Å². The Morgan fingerprint density at radius 2 is 1.82 bits per heavy atom. The van der Waals surface area contributed by atoms with E-state index in [1.54, 1.807) is 7.05 Å². The van der Waals surface area contributed by atoms with Crippen molar-refractivity contribution >= 4 is 17.5 Å². The minimum absolute atomic E-state index is 0.424. The summed E-state index contributed by atoms with van der Waals surface area (Å²) in [5.41, 5.74) is 18.7. The maximum atomic E-state index is 6.24. The minimum atomic E-state index is 0.424. The molecule has 2 rings (SSSR count). The third-order valence-corrected chi connectivity index (χ3v) is 5.66. The molecule has 0 aliphatic rings. The Hall–Kier alpha value is -3.22. The fourth-order valence-electron chi connectivity index (χ4n) is 3.56. The van der Waals surface area contributed by atoms with Gasteiger partial charge in [-0.05, 0) is 24.0 Å². The van der Waals surface area contributed by atoms with Crippen LogP contribution in [-0.4, -0.2) is 29.5 Å². The van der Waals surface area contributed by atoms with Crippen molar-refractivity contribution in [2.75, 3.05) is 7.05 Å². The number of aliphatic imine (C=N–C) groups is 2. The van der Waals surface area contributed by atoms with E-state index < -0.39 is 0 Å². The Balaban J connectivity index is 2.19. The highest BCUT2D eigenvalue weighted by Gasteiger charge is 2.10. The molecule has 33 heavy (non-hydrogen) atoms. The molecule has 0 unspecified atom stereocenters. The number of nitrogens with one attached hydrogen (secondary N) is 1. The standard InChI is InChI=1S/C26H39N7/c1-5-8-13-25(32-24(27)16-19(6-2)7-3)31-18-20-14-15-23(30-17-20)21-11-9-10-12-22(21)26(28)33-29-4/h9-12,14-15,17,19,29H,5-8,13,16,18H2,1-4H3,(H2,28,33)(H2,27,31,32). The van der Waals surface area contributed by atoms with E-state index in [0.717, 1.165) is 66.7 Å². The van der Waals surface area contributed by atoms with E-state index in [1.165, 1.54) is 0 Å². The Morgan fingerprint density at radius 1 is 1.06 bits per heavy atom. The van der Waals surface area contributed by atoms with Gasteiger partial charge in [-0.15, -0.1) is 0 Å². The van der Waals surface area contributed by atoms with Gasteiger partial charge in [0.05, 0.1) is 12.2 Å². The maximum Gasteiger partial charge on any atom is 0.151 e. The summed E-state index contributed by atoms with van der Waals surface area (Å²) in [7, 11) is 1.72. The van der Waals surface area contributed by atoms with E-state index >= 15 is 0 Å². The molecule has 0 spiro atoms. The highest BCUT2D eigenvalue weighted by Crippen LogP contribution is 2.22. The van der Waals surface area contributed by atoms with Crippen LogP contribution in [0.5, 0.6) is 0 Å². The first-order valence-electron chi connectivity index (χ1n) is 11.9. The SMILES string of the molecule is CCCCC(N=C(N)CC(CC)CC)=NCc1ccc(-c2ccccc2/C(N)=N/NC)nc1. The van der Waals surface area contributed by atoms with Gasteiger partial charge >= 0.3 is 0 Å². The second kappa shape index (κ2) is 14.0. The summed E-state index contributed by atoms with van der Waals surface area (Å²) in [4.78, 5) is 14.1. The van der Waals surface area contributed by atoms with Gasteiger partial charge in [0.15, 0.2) is 5.84 Å². The van der Waals surface area contributed by atoms with Gasteiger partial charge in [-0.25, -0.2) is 4.99 Å². The van der Waals surface area contributed by atoms with Gasteiger partial charge in [0.2, 0.25) is 0 Å². The maximum absolute atomic E-state index is 6.24. The molecule has 0 saturated heterocycles. The number of nitrogens with zero attached hydrogens (tertiary/aromatic N) is 4. The van der Waals surface area contributed by atoms with Crippen molar-refractivity contribution in [3.05, 3.63) is 53.7 Å². The molecule has 0 bridgehead atoms. The van der Waals surface area contributed by atoms with Crippen LogP contribution >= 0.6 is 0 Å². The van der Waals surface area contributed by atoms with Crippen LogP contribution in [0.15, 0.2) is 57.7 Å². The first-order chi connectivity index (χ1) is 16.0. The normalized spacial score (nSPS) is 12.9. The molecule has 0 amide bonds. The zero-order valence-corrected chi connectivity index (χ0v) is 20.5. The molecule has 0 atom stereocenters. The Bertz CT molecular complexity index is 941. The van der Waals surface area contributed by atoms with Crippen LogP contribution in [0.4, 0.5) is 0 Å². The molecule has 7 nitrogen and oxygen atoms in total. The highest BCUT2D eigenvalue weighted by molar-refractivity contribution is 6.03. The lowest BCUT2D eigenvalue weighted by molar-refractivity contribution is 0.511. The van der Waals surface area contributed by atoms with Crippen LogP contribution in [-0.2, 0) is 6.54 Å². The zero-order chi connectivity index (χ0) is 24.1. The van der Waals surface area contributed by atoms with Gasteiger partial charge in [-0.3, -0.25) is 9.98 Å². The quantitative estimate of drug-likeness (QED) is 0.244. The molecular formula is C26H39N7. The van der Waals surface area contributed by atoms with E-state index in [9.17, 15) is 0 Å². The van der Waals surface area contributed by atoms with Crippen LogP contribution < -0.4 is 16.9 Å². The Kier molecular flexibility index (Phi) is 11.1. The summed E-state index contributed by atoms with van der Waals surface area (Å²) in [5, 5.41) is 4.10. The largest absolute Gasteiger partial charge is 0.387 e. The van der Waals surface area contributed by atoms with Crippen LogP contribution in [0.25, 0.3) is 11.3 Å². The number of pyridine rings is 1. The number of hydrogen-bond donors (Lipinski definition) is 3. The van der Waals surface area contributed by atoms with Crippen molar-refractivity contribution in [2.45, 2.75) is 65.8 Å². The monoisotopic (exact) mass is 449 g/mol. The summed E-state index contributed by atoms with van der Waals surface area (Å²) in [6.45, 7) is 7.09. The molecule has 2 aromatic rings. The number of amidine groups is 3. The van der Waals surface area contributed by atoms with Crippen molar-refractivity contribution in [1.29, 1.82) is 0 Å². The smallest absolute Gasteiger partial charge is 0.151 e. The van der Waals surface area contributed by atoms with Crippen LogP contribution in [0, 0.1) is 5.92 Å². The van der Waals surface area contributed by atoms with Crippen molar-refractivity contribution in [2.24, 2.45) is 32.5 Å². The van der Waals surface area contributed by atoms with Gasteiger partial charge in [-0.2, -0.15) is 5.10 Å². The minimum Gasteiger partial charge on any atom is -0.387 e. The average molecular weight is 450 g/mol. The molecule has 178 valence electrons. The topological polar surface area (TPSA) is 114 Å². The van der Waals surface area contributed by atoms with E-state index in [1.807, 2.05) is 42.6 Å². The molecule has 7 heteroatoms. The molecule has 1 aromatic heterocycles. The van der Waals surface area contributed by atoms with Gasteiger partial charge in [0, 0.05) is 37.2 Å². The lowest BCUT2D eigenvalue weighted by Gasteiger charge is -2.12. The highest BCUT2D eigenvalue weighted by atomic mass is 15.3.